The van der Waals surface area contributed by atoms with Gasteiger partial charge in [-0.15, -0.1) is 0 Å². The van der Waals surface area contributed by atoms with Crippen LogP contribution >= 0.6 is 0 Å². The van der Waals surface area contributed by atoms with Crippen LogP contribution in [0.2, 0.25) is 0 Å². The standard InChI is InChI=1S/C21H25NO11/c1-10(23)28-9-16-17(29-11(2)24)18(30-12(3)25)19(31-13(4)26)21(33-16)32-15-7-5-14(6-8-15)20(22)27/h5-8,16-19,21H,9H2,1-4H3,(H2,22,27)/t16-,17-,18+,19+,21+/m1/s1. The highest BCUT2D eigenvalue weighted by atomic mass is 16.7. The predicted molar refractivity (Wildman–Crippen MR) is 108 cm³/mol. The summed E-state index contributed by atoms with van der Waals surface area (Å²) in [5, 5.41) is 0. The fourth-order valence-electron chi connectivity index (χ4n) is 3.12. The van der Waals surface area contributed by atoms with E-state index in [2.05, 4.69) is 0 Å². The van der Waals surface area contributed by atoms with Crippen molar-refractivity contribution in [2.24, 2.45) is 5.73 Å². The molecule has 0 radical (unpaired) electrons. The summed E-state index contributed by atoms with van der Waals surface area (Å²) in [5.41, 5.74) is 5.45. The largest absolute Gasteiger partial charge is 0.463 e. The van der Waals surface area contributed by atoms with Gasteiger partial charge < -0.3 is 34.2 Å². The predicted octanol–water partition coefficient (Wildman–Crippen LogP) is 0.247. The number of benzene rings is 1. The molecule has 5 atom stereocenters. The highest BCUT2D eigenvalue weighted by Crippen LogP contribution is 2.31. The molecule has 1 heterocycles. The third kappa shape index (κ3) is 7.45. The number of carbonyl (C=O) groups is 5. The van der Waals surface area contributed by atoms with E-state index in [1.807, 2.05) is 0 Å². The summed E-state index contributed by atoms with van der Waals surface area (Å²) in [5.74, 6) is -3.33. The molecule has 0 bridgehead atoms. The molecule has 1 aliphatic rings. The molecule has 180 valence electrons. The summed E-state index contributed by atoms with van der Waals surface area (Å²) in [6.45, 7) is 4.15. The minimum Gasteiger partial charge on any atom is -0.463 e. The second-order valence-electron chi connectivity index (χ2n) is 7.07. The normalized spacial score (nSPS) is 24.2. The Kier molecular flexibility index (Phi) is 8.74. The van der Waals surface area contributed by atoms with Crippen LogP contribution in [0, 0.1) is 0 Å². The summed E-state index contributed by atoms with van der Waals surface area (Å²) in [4.78, 5) is 57.9. The first-order valence-electron chi connectivity index (χ1n) is 9.85. The van der Waals surface area contributed by atoms with E-state index in [4.69, 9.17) is 34.2 Å². The fraction of sp³-hybridized carbons (Fsp3) is 0.476. The molecule has 0 unspecified atom stereocenters. The number of ether oxygens (including phenoxy) is 6. The Morgan fingerprint density at radius 3 is 1.79 bits per heavy atom. The van der Waals surface area contributed by atoms with E-state index in [-0.39, 0.29) is 17.9 Å². The molecule has 1 aromatic carbocycles. The topological polar surface area (TPSA) is 167 Å². The van der Waals surface area contributed by atoms with Gasteiger partial charge in [-0.05, 0) is 24.3 Å². The van der Waals surface area contributed by atoms with Crippen molar-refractivity contribution in [3.8, 4) is 5.75 Å². The monoisotopic (exact) mass is 467 g/mol. The van der Waals surface area contributed by atoms with Crippen molar-refractivity contribution in [2.75, 3.05) is 6.61 Å². The first-order chi connectivity index (χ1) is 15.5. The highest BCUT2D eigenvalue weighted by Gasteiger charge is 2.53. The van der Waals surface area contributed by atoms with Crippen molar-refractivity contribution < 1.29 is 52.4 Å². The Hall–Kier alpha value is -3.67. The zero-order valence-electron chi connectivity index (χ0n) is 18.5. The molecule has 12 nitrogen and oxygen atoms in total. The van der Waals surface area contributed by atoms with Gasteiger partial charge >= 0.3 is 23.9 Å². The Labute approximate surface area is 189 Å². The maximum absolute atomic E-state index is 11.8. The number of hydrogen-bond acceptors (Lipinski definition) is 11. The molecule has 1 saturated heterocycles. The van der Waals surface area contributed by atoms with E-state index in [0.29, 0.717) is 0 Å². The van der Waals surface area contributed by atoms with Crippen LogP contribution in [-0.2, 0) is 42.9 Å². The molecular weight excluding hydrogens is 442 g/mol. The molecule has 33 heavy (non-hydrogen) atoms. The number of amides is 1. The average Bonchev–Trinajstić information content (AvgIpc) is 2.70. The van der Waals surface area contributed by atoms with Crippen LogP contribution in [0.5, 0.6) is 5.75 Å². The van der Waals surface area contributed by atoms with Gasteiger partial charge in [0.05, 0.1) is 0 Å². The van der Waals surface area contributed by atoms with Gasteiger partial charge in [0.1, 0.15) is 18.5 Å². The zero-order valence-corrected chi connectivity index (χ0v) is 18.5. The number of hydrogen-bond donors (Lipinski definition) is 1. The average molecular weight is 467 g/mol. The molecule has 1 aromatic rings. The number of carbonyl (C=O) groups excluding carboxylic acids is 5. The lowest BCUT2D eigenvalue weighted by Crippen LogP contribution is -2.63. The summed E-state index contributed by atoms with van der Waals surface area (Å²) in [6.07, 6.45) is -6.50. The van der Waals surface area contributed by atoms with Gasteiger partial charge in [-0.2, -0.15) is 0 Å². The van der Waals surface area contributed by atoms with Gasteiger partial charge in [-0.1, -0.05) is 0 Å². The number of primary amides is 1. The van der Waals surface area contributed by atoms with Crippen LogP contribution in [0.15, 0.2) is 24.3 Å². The minimum atomic E-state index is -1.37. The van der Waals surface area contributed by atoms with Crippen LogP contribution in [0.1, 0.15) is 38.1 Å². The Morgan fingerprint density at radius 1 is 0.788 bits per heavy atom. The number of esters is 4. The maximum atomic E-state index is 11.8. The van der Waals surface area contributed by atoms with Gasteiger partial charge in [-0.25, -0.2) is 0 Å². The molecule has 0 aromatic heterocycles. The van der Waals surface area contributed by atoms with Crippen LogP contribution in [-0.4, -0.2) is 67.1 Å². The summed E-state index contributed by atoms with van der Waals surface area (Å²) < 4.78 is 32.5. The van der Waals surface area contributed by atoms with E-state index in [1.165, 1.54) is 31.2 Å². The van der Waals surface area contributed by atoms with Crippen molar-refractivity contribution >= 4 is 29.8 Å². The first-order valence-corrected chi connectivity index (χ1v) is 9.85. The van der Waals surface area contributed by atoms with Gasteiger partial charge in [0, 0.05) is 33.3 Å². The third-order valence-corrected chi connectivity index (χ3v) is 4.34. The van der Waals surface area contributed by atoms with E-state index in [9.17, 15) is 24.0 Å². The Balaban J connectivity index is 2.43. The fourth-order valence-corrected chi connectivity index (χ4v) is 3.12. The van der Waals surface area contributed by atoms with Crippen LogP contribution in [0.4, 0.5) is 0 Å². The Morgan fingerprint density at radius 2 is 1.30 bits per heavy atom. The van der Waals surface area contributed by atoms with Crippen molar-refractivity contribution in [1.82, 2.24) is 0 Å². The van der Waals surface area contributed by atoms with Crippen LogP contribution in [0.3, 0.4) is 0 Å². The van der Waals surface area contributed by atoms with E-state index in [1.54, 1.807) is 0 Å². The first kappa shape index (κ1) is 25.6. The third-order valence-electron chi connectivity index (χ3n) is 4.34. The molecular formula is C21H25NO11. The molecule has 2 N–H and O–H groups in total. The second kappa shape index (κ2) is 11.3. The molecule has 12 heteroatoms. The van der Waals surface area contributed by atoms with Gasteiger partial charge in [-0.3, -0.25) is 24.0 Å². The summed E-state index contributed by atoms with van der Waals surface area (Å²) in [6, 6.07) is 5.66. The minimum absolute atomic E-state index is 0.195. The van der Waals surface area contributed by atoms with Crippen molar-refractivity contribution in [3.05, 3.63) is 29.8 Å². The second-order valence-corrected chi connectivity index (χ2v) is 7.07. The molecule has 0 saturated carbocycles. The quantitative estimate of drug-likeness (QED) is 0.411. The van der Waals surface area contributed by atoms with Crippen LogP contribution < -0.4 is 10.5 Å². The number of rotatable bonds is 8. The highest BCUT2D eigenvalue weighted by molar-refractivity contribution is 5.92. The smallest absolute Gasteiger partial charge is 0.303 e. The zero-order chi connectivity index (χ0) is 24.7. The molecule has 1 amide bonds. The maximum Gasteiger partial charge on any atom is 0.303 e. The molecule has 1 aliphatic heterocycles. The summed E-state index contributed by atoms with van der Waals surface area (Å²) in [7, 11) is 0. The van der Waals surface area contributed by atoms with E-state index >= 15 is 0 Å². The lowest BCUT2D eigenvalue weighted by molar-refractivity contribution is -0.288. The molecule has 2 rings (SSSR count). The lowest BCUT2D eigenvalue weighted by Gasteiger charge is -2.43. The van der Waals surface area contributed by atoms with Crippen molar-refractivity contribution in [1.29, 1.82) is 0 Å². The van der Waals surface area contributed by atoms with Gasteiger partial charge in [0.15, 0.2) is 12.2 Å². The summed E-state index contributed by atoms with van der Waals surface area (Å²) >= 11 is 0. The SMILES string of the molecule is CC(=O)OC[C@H]1O[C@H](Oc2ccc(C(N)=O)cc2)[C@@H](OC(C)=O)[C@@H](OC(C)=O)[C@@H]1OC(C)=O. The van der Waals surface area contributed by atoms with E-state index < -0.39 is 60.5 Å². The van der Waals surface area contributed by atoms with Gasteiger partial charge in [0.25, 0.3) is 0 Å². The Bertz CT molecular complexity index is 898. The van der Waals surface area contributed by atoms with Crippen LogP contribution in [0.25, 0.3) is 0 Å². The number of nitrogens with two attached hydrogens (primary N) is 1. The molecule has 0 spiro atoms. The van der Waals surface area contributed by atoms with E-state index in [0.717, 1.165) is 20.8 Å². The lowest BCUT2D eigenvalue weighted by atomic mass is 9.98. The van der Waals surface area contributed by atoms with Gasteiger partial charge in [0.2, 0.25) is 18.3 Å². The van der Waals surface area contributed by atoms with Crippen molar-refractivity contribution in [3.63, 3.8) is 0 Å². The molecule has 1 fully saturated rings. The van der Waals surface area contributed by atoms with Crippen molar-refractivity contribution in [2.45, 2.75) is 58.4 Å². The molecule has 0 aliphatic carbocycles.